The number of aryl methyl sites for hydroxylation is 1. The number of aromatic nitrogens is 3. The lowest BCUT2D eigenvalue weighted by Gasteiger charge is -2.19. The van der Waals surface area contributed by atoms with Gasteiger partial charge in [0.25, 0.3) is 0 Å². The van der Waals surface area contributed by atoms with Crippen molar-refractivity contribution in [2.75, 3.05) is 18.6 Å². The summed E-state index contributed by atoms with van der Waals surface area (Å²) in [6.07, 6.45) is 5.92. The lowest BCUT2D eigenvalue weighted by Crippen LogP contribution is -2.21. The van der Waals surface area contributed by atoms with E-state index >= 15 is 0 Å². The second-order valence-electron chi connectivity index (χ2n) is 9.43. The van der Waals surface area contributed by atoms with E-state index in [0.29, 0.717) is 17.5 Å². The van der Waals surface area contributed by atoms with E-state index in [2.05, 4.69) is 58.5 Å². The van der Waals surface area contributed by atoms with Crippen LogP contribution in [0.15, 0.2) is 108 Å². The van der Waals surface area contributed by atoms with Gasteiger partial charge in [0.05, 0.1) is 12.2 Å². The van der Waals surface area contributed by atoms with Crippen molar-refractivity contribution in [1.29, 1.82) is 0 Å². The Hall–Kier alpha value is -5.04. The molecule has 7 heteroatoms. The van der Waals surface area contributed by atoms with Crippen molar-refractivity contribution in [2.24, 2.45) is 0 Å². The number of oxazole rings is 1. The molecule has 0 amide bonds. The Kier molecular flexibility index (Phi) is 5.14. The zero-order chi connectivity index (χ0) is 25.6. The maximum Gasteiger partial charge on any atom is 0.229 e. The van der Waals surface area contributed by atoms with Gasteiger partial charge in [-0.05, 0) is 55.5 Å². The molecule has 7 nitrogen and oxygen atoms in total. The lowest BCUT2D eigenvalue weighted by atomic mass is 10.2. The van der Waals surface area contributed by atoms with Crippen LogP contribution in [0.2, 0.25) is 0 Å². The van der Waals surface area contributed by atoms with E-state index in [1.807, 2.05) is 72.2 Å². The van der Waals surface area contributed by atoms with Crippen LogP contribution in [0.25, 0.3) is 39.3 Å². The molecule has 7 rings (SSSR count). The Bertz CT molecular complexity index is 1780. The van der Waals surface area contributed by atoms with Crippen molar-refractivity contribution in [3.63, 3.8) is 0 Å². The summed E-state index contributed by atoms with van der Waals surface area (Å²) < 4.78 is 14.7. The second-order valence-corrected chi connectivity index (χ2v) is 9.43. The van der Waals surface area contributed by atoms with E-state index < -0.39 is 0 Å². The lowest BCUT2D eigenvalue weighted by molar-refractivity contribution is 0.480. The Morgan fingerprint density at radius 1 is 0.842 bits per heavy atom. The fourth-order valence-corrected chi connectivity index (χ4v) is 4.97. The molecule has 38 heavy (non-hydrogen) atoms. The summed E-state index contributed by atoms with van der Waals surface area (Å²) in [5.74, 6) is 2.67. The van der Waals surface area contributed by atoms with Gasteiger partial charge in [0, 0.05) is 53.7 Å². The third-order valence-corrected chi connectivity index (χ3v) is 6.75. The molecule has 0 bridgehead atoms. The van der Waals surface area contributed by atoms with Crippen molar-refractivity contribution < 1.29 is 9.15 Å². The van der Waals surface area contributed by atoms with Gasteiger partial charge < -0.3 is 19.0 Å². The number of para-hydroxylation sites is 1. The minimum atomic E-state index is 0.531. The predicted molar refractivity (Wildman–Crippen MR) is 150 cm³/mol. The average Bonchev–Trinajstić information content (AvgIpc) is 3.64. The Labute approximate surface area is 219 Å². The third-order valence-electron chi connectivity index (χ3n) is 6.75. The zero-order valence-electron chi connectivity index (χ0n) is 21.1. The number of nitrogens with zero attached hydrogens (tertiary/aromatic N) is 5. The van der Waals surface area contributed by atoms with Crippen LogP contribution in [-0.2, 0) is 0 Å². The number of hydrogen-bond donors (Lipinski definition) is 0. The van der Waals surface area contributed by atoms with Gasteiger partial charge in [-0.1, -0.05) is 30.3 Å². The molecule has 1 aliphatic heterocycles. The smallest absolute Gasteiger partial charge is 0.229 e. The Morgan fingerprint density at radius 3 is 2.53 bits per heavy atom. The first-order valence-corrected chi connectivity index (χ1v) is 12.5. The molecule has 0 atom stereocenters. The highest BCUT2D eigenvalue weighted by Gasteiger charge is 2.20. The van der Waals surface area contributed by atoms with Gasteiger partial charge in [-0.2, -0.15) is 0 Å². The first kappa shape index (κ1) is 22.2. The number of benzene rings is 3. The van der Waals surface area contributed by atoms with Crippen molar-refractivity contribution in [1.82, 2.24) is 19.4 Å². The average molecular weight is 500 g/mol. The van der Waals surface area contributed by atoms with Crippen LogP contribution in [-0.4, -0.2) is 33.2 Å². The van der Waals surface area contributed by atoms with Crippen LogP contribution < -0.4 is 9.64 Å². The zero-order valence-corrected chi connectivity index (χ0v) is 21.1. The summed E-state index contributed by atoms with van der Waals surface area (Å²) in [4.78, 5) is 13.7. The van der Waals surface area contributed by atoms with Crippen LogP contribution in [0.3, 0.4) is 0 Å². The predicted octanol–water partition coefficient (Wildman–Crippen LogP) is 7.11. The van der Waals surface area contributed by atoms with Gasteiger partial charge in [-0.15, -0.1) is 0 Å². The minimum Gasteiger partial charge on any atom is -0.457 e. The molecule has 6 aromatic rings. The van der Waals surface area contributed by atoms with Gasteiger partial charge in [0.1, 0.15) is 22.8 Å². The Morgan fingerprint density at radius 2 is 1.66 bits per heavy atom. The van der Waals surface area contributed by atoms with Crippen LogP contribution in [0.1, 0.15) is 5.69 Å². The largest absolute Gasteiger partial charge is 0.457 e. The number of rotatable bonds is 5. The molecule has 4 heterocycles. The van der Waals surface area contributed by atoms with Gasteiger partial charge in [-0.25, -0.2) is 9.97 Å². The summed E-state index contributed by atoms with van der Waals surface area (Å²) in [6.45, 7) is 2.77. The number of ether oxygens (including phenoxy) is 1. The fraction of sp³-hybridized carbons (Fsp3) is 0.0968. The van der Waals surface area contributed by atoms with Crippen LogP contribution in [0.4, 0.5) is 5.69 Å². The molecular formula is C31H25N5O2. The van der Waals surface area contributed by atoms with Gasteiger partial charge >= 0.3 is 0 Å². The van der Waals surface area contributed by atoms with E-state index in [4.69, 9.17) is 14.1 Å². The number of hydrogen-bond acceptors (Lipinski definition) is 6. The molecule has 1 aliphatic rings. The highest BCUT2D eigenvalue weighted by atomic mass is 16.5. The topological polar surface area (TPSA) is 59.6 Å². The first-order chi connectivity index (χ1) is 18.6. The van der Waals surface area contributed by atoms with Gasteiger partial charge in [-0.3, -0.25) is 4.57 Å². The highest BCUT2D eigenvalue weighted by Crippen LogP contribution is 2.35. The highest BCUT2D eigenvalue weighted by molar-refractivity contribution is 6.07. The molecule has 0 radical (unpaired) electrons. The van der Waals surface area contributed by atoms with Crippen molar-refractivity contribution >= 4 is 27.6 Å². The quantitative estimate of drug-likeness (QED) is 0.252. The van der Waals surface area contributed by atoms with Crippen LogP contribution in [0.5, 0.6) is 11.5 Å². The number of pyridine rings is 1. The monoisotopic (exact) mass is 499 g/mol. The summed E-state index contributed by atoms with van der Waals surface area (Å²) >= 11 is 0. The summed E-state index contributed by atoms with van der Waals surface area (Å²) in [6, 6.07) is 28.2. The molecule has 186 valence electrons. The normalized spacial score (nSPS) is 13.2. The molecular weight excluding hydrogens is 474 g/mol. The van der Waals surface area contributed by atoms with Crippen molar-refractivity contribution in [3.05, 3.63) is 109 Å². The standard InChI is InChI=1S/C31H25N5O2/c1-21-31(36-28-14-4-3-12-26(28)27-13-7-15-32-29(27)36)38-30(33-21)22-8-5-10-24(18-22)37-25-11-6-9-23(19-25)35-17-16-34(2)20-35/h3-19H,20H2,1-2H3. The molecule has 0 aliphatic carbocycles. The molecule has 0 saturated carbocycles. The molecule has 3 aromatic carbocycles. The third kappa shape index (κ3) is 3.76. The van der Waals surface area contributed by atoms with Crippen LogP contribution >= 0.6 is 0 Å². The number of anilines is 1. The second kappa shape index (κ2) is 8.81. The molecule has 0 fully saturated rings. The fourth-order valence-electron chi connectivity index (χ4n) is 4.97. The molecule has 0 N–H and O–H groups in total. The van der Waals surface area contributed by atoms with E-state index in [9.17, 15) is 0 Å². The van der Waals surface area contributed by atoms with E-state index in [1.165, 1.54) is 0 Å². The van der Waals surface area contributed by atoms with Crippen LogP contribution in [0, 0.1) is 6.92 Å². The maximum absolute atomic E-state index is 6.40. The summed E-state index contributed by atoms with van der Waals surface area (Å²) in [5.41, 5.74) is 4.58. The first-order valence-electron chi connectivity index (χ1n) is 12.5. The molecule has 3 aromatic heterocycles. The molecule has 0 spiro atoms. The van der Waals surface area contributed by atoms with Crippen molar-refractivity contribution in [3.8, 4) is 28.8 Å². The summed E-state index contributed by atoms with van der Waals surface area (Å²) in [7, 11) is 2.05. The van der Waals surface area contributed by atoms with E-state index in [1.54, 1.807) is 6.20 Å². The Balaban J connectivity index is 1.23. The SMILES string of the molecule is Cc1nc(-c2cccc(Oc3cccc(N4C=CN(C)C4)c3)c2)oc1-n1c2ccccc2c2cccnc21. The minimum absolute atomic E-state index is 0.531. The van der Waals surface area contributed by atoms with E-state index in [0.717, 1.165) is 51.3 Å². The van der Waals surface area contributed by atoms with Gasteiger partial charge in [0.15, 0.2) is 0 Å². The van der Waals surface area contributed by atoms with Crippen molar-refractivity contribution in [2.45, 2.75) is 6.92 Å². The molecule has 0 unspecified atom stereocenters. The summed E-state index contributed by atoms with van der Waals surface area (Å²) in [5, 5.41) is 2.20. The molecule has 0 saturated heterocycles. The van der Waals surface area contributed by atoms with Gasteiger partial charge in [0.2, 0.25) is 11.8 Å². The van der Waals surface area contributed by atoms with E-state index in [-0.39, 0.29) is 0 Å². The maximum atomic E-state index is 6.40. The number of fused-ring (bicyclic) bond motifs is 3.